The fourth-order valence-electron chi connectivity index (χ4n) is 1.34. The van der Waals surface area contributed by atoms with Crippen LogP contribution in [0.25, 0.3) is 0 Å². The lowest BCUT2D eigenvalue weighted by molar-refractivity contribution is -0.144. The molecule has 17 heavy (non-hydrogen) atoms. The highest BCUT2D eigenvalue weighted by atomic mass is 19.1. The van der Waals surface area contributed by atoms with Gasteiger partial charge in [0.2, 0.25) is 5.89 Å². The first kappa shape index (κ1) is 11.2. The number of carbonyl (C=O) groups is 3. The van der Waals surface area contributed by atoms with Gasteiger partial charge in [0, 0.05) is 0 Å². The number of aromatic nitrogens is 1. The maximum atomic E-state index is 13.1. The summed E-state index contributed by atoms with van der Waals surface area (Å²) in [5, 5.41) is 1.72. The molecule has 1 saturated heterocycles. The Morgan fingerprint density at radius 3 is 2.82 bits per heavy atom. The van der Waals surface area contributed by atoms with Crippen LogP contribution in [0.4, 0.5) is 9.18 Å². The van der Waals surface area contributed by atoms with Crippen molar-refractivity contribution < 1.29 is 23.2 Å². The molecule has 1 atom stereocenters. The average molecular weight is 241 g/mol. The molecule has 0 spiro atoms. The maximum Gasteiger partial charge on any atom is 0.331 e. The highest BCUT2D eigenvalue weighted by molar-refractivity contribution is 6.17. The number of nitrogens with one attached hydrogen (secondary N) is 1. The topological polar surface area (TPSA) is 92.5 Å². The number of oxazole rings is 1. The number of amides is 4. The number of hydrogen-bond donors (Lipinski definition) is 1. The number of imide groups is 2. The lowest BCUT2D eigenvalue weighted by Gasteiger charge is -2.25. The van der Waals surface area contributed by atoms with Gasteiger partial charge in [0.1, 0.15) is 12.3 Å². The van der Waals surface area contributed by atoms with Crippen molar-refractivity contribution in [2.75, 3.05) is 0 Å². The molecule has 0 aromatic carbocycles. The number of halogens is 1. The van der Waals surface area contributed by atoms with Crippen LogP contribution in [-0.2, 0) is 16.1 Å². The maximum absolute atomic E-state index is 13.1. The number of hydrogen-bond acceptors (Lipinski definition) is 5. The van der Waals surface area contributed by atoms with Gasteiger partial charge in [-0.15, -0.1) is 0 Å². The normalized spacial score (nSPS) is 20.7. The van der Waals surface area contributed by atoms with Crippen molar-refractivity contribution in [3.8, 4) is 0 Å². The van der Waals surface area contributed by atoms with Gasteiger partial charge in [-0.05, 0) is 6.92 Å². The molecule has 90 valence electrons. The molecule has 7 nitrogen and oxygen atoms in total. The summed E-state index contributed by atoms with van der Waals surface area (Å²) in [5.41, 5.74) is 0. The number of rotatable bonds is 2. The van der Waals surface area contributed by atoms with Crippen molar-refractivity contribution >= 4 is 17.8 Å². The molecule has 1 aromatic rings. The van der Waals surface area contributed by atoms with Crippen molar-refractivity contribution in [2.24, 2.45) is 0 Å². The van der Waals surface area contributed by atoms with Crippen LogP contribution in [0.1, 0.15) is 11.7 Å². The smallest absolute Gasteiger partial charge is 0.331 e. The Kier molecular flexibility index (Phi) is 2.62. The molecular weight excluding hydrogens is 233 g/mol. The first-order valence-corrected chi connectivity index (χ1v) is 4.70. The third-order valence-electron chi connectivity index (χ3n) is 2.15. The van der Waals surface area contributed by atoms with Gasteiger partial charge in [-0.1, -0.05) is 0 Å². The van der Waals surface area contributed by atoms with Crippen molar-refractivity contribution in [1.82, 2.24) is 15.2 Å². The lowest BCUT2D eigenvalue weighted by Crippen LogP contribution is -2.58. The zero-order valence-corrected chi connectivity index (χ0v) is 8.77. The van der Waals surface area contributed by atoms with E-state index in [-0.39, 0.29) is 12.4 Å². The van der Waals surface area contributed by atoms with E-state index in [9.17, 15) is 18.8 Å². The standard InChI is InChI=1S/C9H8FN3O4/c1-4-2-11-5(17-4)3-13-8(15)6(10)7(14)12-9(13)16/h2,6H,3H2,1H3,(H,12,14,16). The number of aryl methyl sites for hydroxylation is 1. The van der Waals surface area contributed by atoms with E-state index in [0.29, 0.717) is 10.7 Å². The third kappa shape index (κ3) is 2.01. The fraction of sp³-hybridized carbons (Fsp3) is 0.333. The van der Waals surface area contributed by atoms with Crippen LogP contribution in [0.5, 0.6) is 0 Å². The predicted molar refractivity (Wildman–Crippen MR) is 50.2 cm³/mol. The summed E-state index contributed by atoms with van der Waals surface area (Å²) in [7, 11) is 0. The number of alkyl halides is 1. The number of urea groups is 1. The van der Waals surface area contributed by atoms with Gasteiger partial charge >= 0.3 is 6.03 Å². The van der Waals surface area contributed by atoms with Gasteiger partial charge in [0.25, 0.3) is 18.0 Å². The zero-order valence-electron chi connectivity index (χ0n) is 8.77. The minimum Gasteiger partial charge on any atom is -0.444 e. The van der Waals surface area contributed by atoms with E-state index in [2.05, 4.69) is 4.98 Å². The summed E-state index contributed by atoms with van der Waals surface area (Å²) < 4.78 is 18.1. The van der Waals surface area contributed by atoms with E-state index >= 15 is 0 Å². The van der Waals surface area contributed by atoms with E-state index in [1.54, 1.807) is 12.2 Å². The molecule has 0 radical (unpaired) electrons. The number of carbonyl (C=O) groups excluding carboxylic acids is 3. The first-order valence-electron chi connectivity index (χ1n) is 4.70. The molecule has 1 N–H and O–H groups in total. The SMILES string of the molecule is Cc1cnc(CN2C(=O)NC(=O)C(F)C2=O)o1. The molecule has 1 fully saturated rings. The molecule has 1 unspecified atom stereocenters. The van der Waals surface area contributed by atoms with Gasteiger partial charge < -0.3 is 4.42 Å². The van der Waals surface area contributed by atoms with Crippen LogP contribution in [0, 0.1) is 6.92 Å². The van der Waals surface area contributed by atoms with Crippen LogP contribution in [0.15, 0.2) is 10.6 Å². The molecule has 0 aliphatic carbocycles. The van der Waals surface area contributed by atoms with Crippen molar-refractivity contribution in [2.45, 2.75) is 19.6 Å². The van der Waals surface area contributed by atoms with Crippen LogP contribution in [0.2, 0.25) is 0 Å². The van der Waals surface area contributed by atoms with E-state index < -0.39 is 24.0 Å². The highest BCUT2D eigenvalue weighted by Crippen LogP contribution is 2.12. The molecule has 2 rings (SSSR count). The van der Waals surface area contributed by atoms with Crippen molar-refractivity contribution in [3.05, 3.63) is 17.8 Å². The Hall–Kier alpha value is -2.25. The predicted octanol–water partition coefficient (Wildman–Crippen LogP) is -0.100. The molecule has 4 amide bonds. The highest BCUT2D eigenvalue weighted by Gasteiger charge is 2.41. The van der Waals surface area contributed by atoms with Gasteiger partial charge in [0.15, 0.2) is 0 Å². The second-order valence-electron chi connectivity index (χ2n) is 3.45. The van der Waals surface area contributed by atoms with E-state index in [4.69, 9.17) is 4.42 Å². The summed E-state index contributed by atoms with van der Waals surface area (Å²) >= 11 is 0. The van der Waals surface area contributed by atoms with E-state index in [1.165, 1.54) is 6.20 Å². The summed E-state index contributed by atoms with van der Waals surface area (Å²) in [4.78, 5) is 37.8. The summed E-state index contributed by atoms with van der Waals surface area (Å²) in [6.45, 7) is 1.32. The van der Waals surface area contributed by atoms with Gasteiger partial charge in [-0.2, -0.15) is 0 Å². The number of nitrogens with zero attached hydrogens (tertiary/aromatic N) is 2. The lowest BCUT2D eigenvalue weighted by atomic mass is 10.2. The molecule has 2 heterocycles. The molecule has 0 bridgehead atoms. The van der Waals surface area contributed by atoms with Crippen molar-refractivity contribution in [1.29, 1.82) is 0 Å². The third-order valence-corrected chi connectivity index (χ3v) is 2.15. The van der Waals surface area contributed by atoms with Gasteiger partial charge in [-0.3, -0.25) is 19.8 Å². The number of barbiturate groups is 1. The minimum atomic E-state index is -2.37. The Morgan fingerprint density at radius 2 is 2.24 bits per heavy atom. The Bertz CT molecular complexity index is 498. The molecular formula is C9H8FN3O4. The second-order valence-corrected chi connectivity index (χ2v) is 3.45. The van der Waals surface area contributed by atoms with E-state index in [0.717, 1.165) is 0 Å². The Balaban J connectivity index is 2.17. The molecule has 1 aromatic heterocycles. The monoisotopic (exact) mass is 241 g/mol. The van der Waals surface area contributed by atoms with Crippen LogP contribution >= 0.6 is 0 Å². The minimum absolute atomic E-state index is 0.0903. The van der Waals surface area contributed by atoms with Gasteiger partial charge in [0.05, 0.1) is 6.20 Å². The summed E-state index contributed by atoms with van der Waals surface area (Å²) in [6, 6.07) is -0.982. The van der Waals surface area contributed by atoms with Gasteiger partial charge in [-0.25, -0.2) is 14.2 Å². The molecule has 0 saturated carbocycles. The summed E-state index contributed by atoms with van der Waals surface area (Å²) in [6.07, 6.45) is -0.969. The average Bonchev–Trinajstić information content (AvgIpc) is 2.67. The van der Waals surface area contributed by atoms with Crippen LogP contribution in [0.3, 0.4) is 0 Å². The zero-order chi connectivity index (χ0) is 12.6. The fourth-order valence-corrected chi connectivity index (χ4v) is 1.34. The van der Waals surface area contributed by atoms with Crippen LogP contribution in [-0.4, -0.2) is 33.9 Å². The molecule has 1 aliphatic rings. The molecule has 1 aliphatic heterocycles. The summed E-state index contributed by atoms with van der Waals surface area (Å²) in [5.74, 6) is -1.88. The Morgan fingerprint density at radius 1 is 1.53 bits per heavy atom. The Labute approximate surface area is 94.6 Å². The molecule has 8 heteroatoms. The quantitative estimate of drug-likeness (QED) is 0.730. The van der Waals surface area contributed by atoms with E-state index in [1.807, 2.05) is 0 Å². The van der Waals surface area contributed by atoms with Crippen LogP contribution < -0.4 is 5.32 Å². The largest absolute Gasteiger partial charge is 0.444 e. The second kappa shape index (κ2) is 3.96. The van der Waals surface area contributed by atoms with Crippen molar-refractivity contribution in [3.63, 3.8) is 0 Å². The first-order chi connectivity index (χ1) is 7.99.